The van der Waals surface area contributed by atoms with Crippen molar-refractivity contribution in [1.29, 1.82) is 0 Å². The van der Waals surface area contributed by atoms with E-state index in [-0.39, 0.29) is 13.0 Å². The molecule has 0 aliphatic heterocycles. The number of aliphatic carboxylic acids is 1. The maximum Gasteiger partial charge on any atom is 0.334 e. The van der Waals surface area contributed by atoms with Gasteiger partial charge in [0.1, 0.15) is 12.9 Å². The van der Waals surface area contributed by atoms with E-state index in [1.165, 1.54) is 11.0 Å². The Kier molecular flexibility index (Phi) is 4.27. The minimum atomic E-state index is -1.47. The first-order chi connectivity index (χ1) is 10.1. The number of nitrogens with one attached hydrogen (secondary N) is 1. The molecule has 1 amide bonds. The molecule has 1 atom stereocenters. The maximum atomic E-state index is 12.1. The summed E-state index contributed by atoms with van der Waals surface area (Å²) in [5.41, 5.74) is -0.947. The van der Waals surface area contributed by atoms with Crippen molar-refractivity contribution >= 4 is 11.9 Å². The first kappa shape index (κ1) is 14.6. The first-order valence-corrected chi connectivity index (χ1v) is 6.39. The van der Waals surface area contributed by atoms with E-state index in [2.05, 4.69) is 20.8 Å². The Morgan fingerprint density at radius 1 is 1.33 bits per heavy atom. The smallest absolute Gasteiger partial charge is 0.334 e. The van der Waals surface area contributed by atoms with Crippen LogP contribution in [0, 0.1) is 0 Å². The summed E-state index contributed by atoms with van der Waals surface area (Å²) in [5, 5.41) is 22.6. The number of carbonyl (C=O) groups excluding carboxylic acids is 1. The van der Waals surface area contributed by atoms with Crippen LogP contribution in [0.25, 0.3) is 0 Å². The molecule has 0 saturated carbocycles. The summed E-state index contributed by atoms with van der Waals surface area (Å²) >= 11 is 0. The number of carboxylic acids is 1. The molecule has 1 unspecified atom stereocenters. The van der Waals surface area contributed by atoms with Gasteiger partial charge in [-0.2, -0.15) is 0 Å². The van der Waals surface area contributed by atoms with Crippen molar-refractivity contribution in [3.8, 4) is 0 Å². The highest BCUT2D eigenvalue weighted by atomic mass is 16.4. The van der Waals surface area contributed by atoms with Crippen LogP contribution in [0.2, 0.25) is 0 Å². The van der Waals surface area contributed by atoms with Crippen molar-refractivity contribution in [2.24, 2.45) is 0 Å². The van der Waals surface area contributed by atoms with Gasteiger partial charge in [0.25, 0.3) is 0 Å². The highest BCUT2D eigenvalue weighted by Crippen LogP contribution is 2.25. The second-order valence-electron chi connectivity index (χ2n) is 4.49. The zero-order valence-corrected chi connectivity index (χ0v) is 11.4. The quantitative estimate of drug-likeness (QED) is 0.785. The number of nitrogens with zero attached hydrogens (tertiary/aromatic N) is 4. The van der Waals surface area contributed by atoms with E-state index in [1.807, 2.05) is 0 Å². The maximum absolute atomic E-state index is 12.1. The summed E-state index contributed by atoms with van der Waals surface area (Å²) in [7, 11) is 0. The van der Waals surface area contributed by atoms with Gasteiger partial charge in [-0.1, -0.05) is 37.3 Å². The van der Waals surface area contributed by atoms with Gasteiger partial charge in [-0.05, 0) is 22.4 Å². The van der Waals surface area contributed by atoms with Crippen LogP contribution in [0.3, 0.4) is 0 Å². The van der Waals surface area contributed by atoms with Crippen molar-refractivity contribution in [3.05, 3.63) is 42.2 Å². The molecule has 1 heterocycles. The topological polar surface area (TPSA) is 110 Å². The Hall–Kier alpha value is -2.77. The number of benzene rings is 1. The molecular weight excluding hydrogens is 274 g/mol. The van der Waals surface area contributed by atoms with E-state index < -0.39 is 17.4 Å². The van der Waals surface area contributed by atoms with Crippen molar-refractivity contribution < 1.29 is 14.7 Å². The highest BCUT2D eigenvalue weighted by Gasteiger charge is 2.40. The molecule has 1 aromatic heterocycles. The molecule has 0 radical (unpaired) electrons. The lowest BCUT2D eigenvalue weighted by atomic mass is 9.87. The molecule has 110 valence electrons. The van der Waals surface area contributed by atoms with Gasteiger partial charge >= 0.3 is 5.97 Å². The predicted octanol–water partition coefficient (Wildman–Crippen LogP) is 0.179. The van der Waals surface area contributed by atoms with E-state index >= 15 is 0 Å². The molecule has 1 aromatic carbocycles. The number of hydrogen-bond donors (Lipinski definition) is 2. The van der Waals surface area contributed by atoms with Gasteiger partial charge in [0.05, 0.1) is 0 Å². The predicted molar refractivity (Wildman–Crippen MR) is 72.0 cm³/mol. The summed E-state index contributed by atoms with van der Waals surface area (Å²) in [6, 6.07) is 8.60. The van der Waals surface area contributed by atoms with Crippen molar-refractivity contribution in [2.75, 3.05) is 0 Å². The van der Waals surface area contributed by atoms with Gasteiger partial charge in [-0.3, -0.25) is 4.79 Å². The number of carboxylic acid groups (broad SMARTS) is 1. The number of aromatic nitrogens is 4. The van der Waals surface area contributed by atoms with E-state index in [4.69, 9.17) is 0 Å². The van der Waals surface area contributed by atoms with Gasteiger partial charge < -0.3 is 10.4 Å². The normalized spacial score (nSPS) is 13.4. The summed E-state index contributed by atoms with van der Waals surface area (Å²) < 4.78 is 1.22. The molecule has 21 heavy (non-hydrogen) atoms. The summed E-state index contributed by atoms with van der Waals surface area (Å²) in [5.74, 6) is -1.59. The Bertz CT molecular complexity index is 614. The molecule has 2 aromatic rings. The van der Waals surface area contributed by atoms with Crippen LogP contribution < -0.4 is 5.32 Å². The molecular formula is C13H15N5O3. The lowest BCUT2D eigenvalue weighted by Gasteiger charge is -2.29. The lowest BCUT2D eigenvalue weighted by molar-refractivity contribution is -0.148. The Morgan fingerprint density at radius 2 is 2.05 bits per heavy atom. The fourth-order valence-electron chi connectivity index (χ4n) is 2.09. The van der Waals surface area contributed by atoms with Crippen LogP contribution in [0.5, 0.6) is 0 Å². The third kappa shape index (κ3) is 3.04. The molecule has 8 heteroatoms. The Balaban J connectivity index is 2.25. The number of tetrazole rings is 1. The minimum absolute atomic E-state index is 0.144. The summed E-state index contributed by atoms with van der Waals surface area (Å²) in [6.45, 7) is 1.56. The number of carbonyl (C=O) groups is 2. The second-order valence-corrected chi connectivity index (χ2v) is 4.49. The largest absolute Gasteiger partial charge is 0.479 e. The van der Waals surface area contributed by atoms with Crippen molar-refractivity contribution in [1.82, 2.24) is 25.5 Å². The van der Waals surface area contributed by atoms with Crippen LogP contribution in [-0.4, -0.2) is 37.2 Å². The van der Waals surface area contributed by atoms with Crippen molar-refractivity contribution in [2.45, 2.75) is 25.4 Å². The first-order valence-electron chi connectivity index (χ1n) is 6.39. The number of rotatable bonds is 6. The molecule has 0 fully saturated rings. The van der Waals surface area contributed by atoms with Crippen LogP contribution >= 0.6 is 0 Å². The van der Waals surface area contributed by atoms with Crippen LogP contribution in [-0.2, 0) is 21.7 Å². The Labute approximate surface area is 120 Å². The Morgan fingerprint density at radius 3 is 2.57 bits per heavy atom. The van der Waals surface area contributed by atoms with Gasteiger partial charge in [0.2, 0.25) is 5.91 Å². The molecule has 0 aliphatic carbocycles. The molecule has 2 N–H and O–H groups in total. The third-order valence-electron chi connectivity index (χ3n) is 3.21. The van der Waals surface area contributed by atoms with E-state index in [0.717, 1.165) is 0 Å². The highest BCUT2D eigenvalue weighted by molar-refractivity contribution is 5.88. The van der Waals surface area contributed by atoms with Crippen LogP contribution in [0.1, 0.15) is 18.9 Å². The third-order valence-corrected chi connectivity index (χ3v) is 3.21. The minimum Gasteiger partial charge on any atom is -0.479 e. The fourth-order valence-corrected chi connectivity index (χ4v) is 2.09. The SMILES string of the molecule is CCC(NC(=O)Cn1cnnn1)(C(=O)O)c1ccccc1. The van der Waals surface area contributed by atoms with Crippen molar-refractivity contribution in [3.63, 3.8) is 0 Å². The van der Waals surface area contributed by atoms with E-state index in [1.54, 1.807) is 37.3 Å². The standard InChI is InChI=1S/C13H15N5O3/c1-2-13(12(20)21,10-6-4-3-5-7-10)15-11(19)8-18-9-14-16-17-18/h3-7,9H,2,8H2,1H3,(H,15,19)(H,20,21). The van der Waals surface area contributed by atoms with Gasteiger partial charge in [-0.25, -0.2) is 9.48 Å². The molecule has 2 rings (SSSR count). The average Bonchev–Trinajstić information content (AvgIpc) is 2.98. The van der Waals surface area contributed by atoms with Gasteiger partial charge in [0, 0.05) is 0 Å². The fraction of sp³-hybridized carbons (Fsp3) is 0.308. The summed E-state index contributed by atoms with van der Waals surface area (Å²) in [4.78, 5) is 23.8. The van der Waals surface area contributed by atoms with Gasteiger partial charge in [-0.15, -0.1) is 5.10 Å². The average molecular weight is 289 g/mol. The molecule has 0 aliphatic rings. The monoisotopic (exact) mass is 289 g/mol. The molecule has 8 nitrogen and oxygen atoms in total. The summed E-state index contributed by atoms with van der Waals surface area (Å²) in [6.07, 6.45) is 1.50. The zero-order chi connectivity index (χ0) is 15.3. The molecule has 0 bridgehead atoms. The second kappa shape index (κ2) is 6.12. The zero-order valence-electron chi connectivity index (χ0n) is 11.4. The van der Waals surface area contributed by atoms with Crippen LogP contribution in [0.15, 0.2) is 36.7 Å². The van der Waals surface area contributed by atoms with E-state index in [9.17, 15) is 14.7 Å². The number of hydrogen-bond acceptors (Lipinski definition) is 5. The van der Waals surface area contributed by atoms with Gasteiger partial charge in [0.15, 0.2) is 5.54 Å². The molecule has 0 saturated heterocycles. The lowest BCUT2D eigenvalue weighted by Crippen LogP contribution is -2.52. The van der Waals surface area contributed by atoms with E-state index in [0.29, 0.717) is 5.56 Å². The number of amides is 1. The van der Waals surface area contributed by atoms with Crippen LogP contribution in [0.4, 0.5) is 0 Å². The molecule has 0 spiro atoms.